The molecule has 0 radical (unpaired) electrons. The summed E-state index contributed by atoms with van der Waals surface area (Å²) >= 11 is 0. The molecule has 1 heterocycles. The van der Waals surface area contributed by atoms with E-state index in [4.69, 9.17) is 0 Å². The summed E-state index contributed by atoms with van der Waals surface area (Å²) < 4.78 is 0. The quantitative estimate of drug-likeness (QED) is 0.832. The van der Waals surface area contributed by atoms with Gasteiger partial charge in [0, 0.05) is 16.6 Å². The molecule has 90 valence electrons. The maximum absolute atomic E-state index is 3.78. The van der Waals surface area contributed by atoms with Crippen molar-refractivity contribution in [1.29, 1.82) is 0 Å². The third-order valence-corrected chi connectivity index (χ3v) is 3.00. The number of H-pyrrole nitrogens is 1. The molecule has 2 rings (SSSR count). The van der Waals surface area contributed by atoms with E-state index in [0.717, 1.165) is 18.7 Å². The van der Waals surface area contributed by atoms with Gasteiger partial charge in [0.2, 0.25) is 0 Å². The van der Waals surface area contributed by atoms with Crippen molar-refractivity contribution in [3.8, 4) is 0 Å². The van der Waals surface area contributed by atoms with Crippen molar-refractivity contribution in [2.75, 3.05) is 20.6 Å². The summed E-state index contributed by atoms with van der Waals surface area (Å²) in [4.78, 5) is 5.55. The topological polar surface area (TPSA) is 19.0 Å². The number of nitrogens with zero attached hydrogens (tertiary/aromatic N) is 1. The van der Waals surface area contributed by atoms with Gasteiger partial charge in [0.05, 0.1) is 0 Å². The fraction of sp³-hybridized carbons (Fsp3) is 0.333. The number of aromatic nitrogens is 1. The highest BCUT2D eigenvalue weighted by atomic mass is 15.0. The number of benzene rings is 1. The summed E-state index contributed by atoms with van der Waals surface area (Å²) in [7, 11) is 4.23. The molecule has 0 fully saturated rings. The lowest BCUT2D eigenvalue weighted by atomic mass is 10.1. The van der Waals surface area contributed by atoms with E-state index in [1.165, 1.54) is 22.9 Å². The van der Waals surface area contributed by atoms with Crippen LogP contribution in [0.2, 0.25) is 0 Å². The van der Waals surface area contributed by atoms with Gasteiger partial charge in [-0.3, -0.25) is 0 Å². The van der Waals surface area contributed by atoms with Gasteiger partial charge in [0.25, 0.3) is 0 Å². The van der Waals surface area contributed by atoms with Crippen LogP contribution in [0.3, 0.4) is 0 Å². The van der Waals surface area contributed by atoms with Gasteiger partial charge in [-0.25, -0.2) is 0 Å². The van der Waals surface area contributed by atoms with Crippen molar-refractivity contribution in [3.05, 3.63) is 42.1 Å². The van der Waals surface area contributed by atoms with Crippen LogP contribution >= 0.6 is 0 Å². The minimum Gasteiger partial charge on any atom is -0.355 e. The molecule has 0 bridgehead atoms. The number of nitrogens with one attached hydrogen (secondary N) is 1. The number of hydrogen-bond acceptors (Lipinski definition) is 1. The zero-order valence-electron chi connectivity index (χ0n) is 10.7. The van der Waals surface area contributed by atoms with Gasteiger partial charge in [-0.2, -0.15) is 0 Å². The summed E-state index contributed by atoms with van der Waals surface area (Å²) in [6, 6.07) is 8.79. The Morgan fingerprint density at radius 1 is 1.29 bits per heavy atom. The van der Waals surface area contributed by atoms with Crippen molar-refractivity contribution < 1.29 is 0 Å². The monoisotopic (exact) mass is 228 g/mol. The van der Waals surface area contributed by atoms with E-state index >= 15 is 0 Å². The predicted octanol–water partition coefficient (Wildman–Crippen LogP) is 3.31. The molecule has 1 N–H and O–H groups in total. The number of aromatic amines is 1. The molecule has 0 saturated carbocycles. The Balaban J connectivity index is 2.11. The van der Waals surface area contributed by atoms with Gasteiger partial charge < -0.3 is 9.88 Å². The van der Waals surface area contributed by atoms with E-state index in [1.807, 2.05) is 6.08 Å². The standard InChI is InChI=1S/C15H20N2/c1-4-14-11-13-10-12(6-5-9-17(2)3)7-8-15(13)16-14/h4,7-8,10-11,16H,1,5-6,9H2,2-3H3. The maximum Gasteiger partial charge on any atom is 0.0458 e. The summed E-state index contributed by atoms with van der Waals surface area (Å²) in [6.07, 6.45) is 4.20. The summed E-state index contributed by atoms with van der Waals surface area (Å²) in [5, 5.41) is 1.28. The SMILES string of the molecule is C=Cc1cc2cc(CCCN(C)C)ccc2[nH]1. The summed E-state index contributed by atoms with van der Waals surface area (Å²) in [5.41, 5.74) is 3.69. The Hall–Kier alpha value is -1.54. The zero-order chi connectivity index (χ0) is 12.3. The van der Waals surface area contributed by atoms with Crippen molar-refractivity contribution >= 4 is 17.0 Å². The van der Waals surface area contributed by atoms with Gasteiger partial charge >= 0.3 is 0 Å². The number of rotatable bonds is 5. The molecule has 1 aromatic carbocycles. The third-order valence-electron chi connectivity index (χ3n) is 3.00. The van der Waals surface area contributed by atoms with E-state index in [0.29, 0.717) is 0 Å². The van der Waals surface area contributed by atoms with E-state index in [1.54, 1.807) is 0 Å². The van der Waals surface area contributed by atoms with Gasteiger partial charge in [-0.05, 0) is 63.3 Å². The second kappa shape index (κ2) is 5.19. The summed E-state index contributed by atoms with van der Waals surface area (Å²) in [5.74, 6) is 0. The largest absolute Gasteiger partial charge is 0.355 e. The molecule has 2 nitrogen and oxygen atoms in total. The van der Waals surface area contributed by atoms with Crippen LogP contribution in [0.5, 0.6) is 0 Å². The van der Waals surface area contributed by atoms with Crippen molar-refractivity contribution in [3.63, 3.8) is 0 Å². The van der Waals surface area contributed by atoms with Crippen LogP contribution in [-0.4, -0.2) is 30.5 Å². The number of fused-ring (bicyclic) bond motifs is 1. The van der Waals surface area contributed by atoms with Gasteiger partial charge in [-0.1, -0.05) is 12.6 Å². The highest BCUT2D eigenvalue weighted by Crippen LogP contribution is 2.18. The first-order valence-corrected chi connectivity index (χ1v) is 6.08. The van der Waals surface area contributed by atoms with Crippen molar-refractivity contribution in [2.45, 2.75) is 12.8 Å². The van der Waals surface area contributed by atoms with Crippen LogP contribution in [0.1, 0.15) is 17.7 Å². The second-order valence-corrected chi connectivity index (χ2v) is 4.76. The van der Waals surface area contributed by atoms with Gasteiger partial charge in [0.1, 0.15) is 0 Å². The highest BCUT2D eigenvalue weighted by Gasteiger charge is 2.00. The average Bonchev–Trinajstić information content (AvgIpc) is 2.70. The Bertz CT molecular complexity index is 509. The molecule has 0 aliphatic heterocycles. The van der Waals surface area contributed by atoms with Crippen LogP contribution in [-0.2, 0) is 6.42 Å². The smallest absolute Gasteiger partial charge is 0.0458 e. The first-order chi connectivity index (χ1) is 8.19. The van der Waals surface area contributed by atoms with Crippen LogP contribution in [0.25, 0.3) is 17.0 Å². The molecule has 2 aromatic rings. The molecule has 2 heteroatoms. The minimum absolute atomic E-state index is 1.09. The van der Waals surface area contributed by atoms with E-state index in [9.17, 15) is 0 Å². The minimum atomic E-state index is 1.09. The van der Waals surface area contributed by atoms with Crippen LogP contribution in [0, 0.1) is 0 Å². The molecule has 17 heavy (non-hydrogen) atoms. The van der Waals surface area contributed by atoms with Gasteiger partial charge in [0.15, 0.2) is 0 Å². The fourth-order valence-corrected chi connectivity index (χ4v) is 2.07. The molecule has 0 amide bonds. The molecular formula is C15H20N2. The molecule has 0 aliphatic carbocycles. The molecule has 0 unspecified atom stereocenters. The Morgan fingerprint density at radius 2 is 2.12 bits per heavy atom. The van der Waals surface area contributed by atoms with E-state index in [-0.39, 0.29) is 0 Å². The lowest BCUT2D eigenvalue weighted by molar-refractivity contribution is 0.400. The Labute approximate surface area is 103 Å². The predicted molar refractivity (Wildman–Crippen MR) is 75.3 cm³/mol. The first-order valence-electron chi connectivity index (χ1n) is 6.08. The van der Waals surface area contributed by atoms with E-state index < -0.39 is 0 Å². The average molecular weight is 228 g/mol. The number of aryl methyl sites for hydroxylation is 1. The van der Waals surface area contributed by atoms with Crippen LogP contribution < -0.4 is 0 Å². The lowest BCUT2D eigenvalue weighted by Gasteiger charge is -2.08. The molecular weight excluding hydrogens is 208 g/mol. The molecule has 0 saturated heterocycles. The Morgan fingerprint density at radius 3 is 2.82 bits per heavy atom. The van der Waals surface area contributed by atoms with Crippen molar-refractivity contribution in [2.24, 2.45) is 0 Å². The molecule has 0 aliphatic rings. The number of hydrogen-bond donors (Lipinski definition) is 1. The van der Waals surface area contributed by atoms with Crippen molar-refractivity contribution in [1.82, 2.24) is 9.88 Å². The van der Waals surface area contributed by atoms with Crippen LogP contribution in [0.4, 0.5) is 0 Å². The third kappa shape index (κ3) is 2.98. The maximum atomic E-state index is 3.78. The van der Waals surface area contributed by atoms with E-state index in [2.05, 4.69) is 54.8 Å². The fourth-order valence-electron chi connectivity index (χ4n) is 2.07. The molecule has 0 spiro atoms. The lowest BCUT2D eigenvalue weighted by Crippen LogP contribution is -2.13. The van der Waals surface area contributed by atoms with Gasteiger partial charge in [-0.15, -0.1) is 0 Å². The van der Waals surface area contributed by atoms with Crippen LogP contribution in [0.15, 0.2) is 30.8 Å². The molecule has 1 aromatic heterocycles. The normalized spacial score (nSPS) is 11.2. The highest BCUT2D eigenvalue weighted by molar-refractivity contribution is 5.83. The Kier molecular flexibility index (Phi) is 3.64. The zero-order valence-corrected chi connectivity index (χ0v) is 10.7. The second-order valence-electron chi connectivity index (χ2n) is 4.76. The first kappa shape index (κ1) is 11.9. The molecule has 0 atom stereocenters. The summed E-state index contributed by atoms with van der Waals surface area (Å²) in [6.45, 7) is 4.92.